The van der Waals surface area contributed by atoms with E-state index in [0.29, 0.717) is 0 Å². The zero-order chi connectivity index (χ0) is 9.80. The lowest BCUT2D eigenvalue weighted by atomic mass is 10.2. The van der Waals surface area contributed by atoms with Crippen LogP contribution in [0.4, 0.5) is 0 Å². The summed E-state index contributed by atoms with van der Waals surface area (Å²) in [5.41, 5.74) is 2.64. The van der Waals surface area contributed by atoms with E-state index in [1.807, 2.05) is 6.07 Å². The fourth-order valence-corrected chi connectivity index (χ4v) is 1.72. The van der Waals surface area contributed by atoms with Crippen LogP contribution in [0.1, 0.15) is 19.0 Å². The molecule has 0 atom stereocenters. The summed E-state index contributed by atoms with van der Waals surface area (Å²) in [4.78, 5) is 0. The Bertz CT molecular complexity index is 387. The quantitative estimate of drug-likeness (QED) is 0.690. The third-order valence-corrected chi connectivity index (χ3v) is 2.37. The van der Waals surface area contributed by atoms with Gasteiger partial charge in [-0.25, -0.2) is 0 Å². The van der Waals surface area contributed by atoms with Crippen LogP contribution in [-0.4, -0.2) is 4.57 Å². The molecule has 0 radical (unpaired) electrons. The molecule has 1 heterocycles. The van der Waals surface area contributed by atoms with Crippen molar-refractivity contribution >= 4 is 0 Å². The lowest BCUT2D eigenvalue weighted by Crippen LogP contribution is -1.97. The first kappa shape index (κ1) is 9.07. The Labute approximate surface area is 85.0 Å². The molecule has 0 aliphatic carbocycles. The van der Waals surface area contributed by atoms with Crippen LogP contribution in [-0.2, 0) is 6.42 Å². The number of hydrogen-bond donors (Lipinski definition) is 0. The molecule has 14 heavy (non-hydrogen) atoms. The standard InChI is InChI=1S/C13H15N/c1-2-7-12-10-6-11-14(12)13-8-4-3-5-9-13/h3-6,8-11H,2,7H2,1H3. The van der Waals surface area contributed by atoms with Crippen LogP contribution in [0.25, 0.3) is 5.69 Å². The molecule has 1 aromatic carbocycles. The molecule has 0 aliphatic rings. The summed E-state index contributed by atoms with van der Waals surface area (Å²) >= 11 is 0. The van der Waals surface area contributed by atoms with Crippen molar-refractivity contribution in [2.45, 2.75) is 19.8 Å². The average molecular weight is 185 g/mol. The summed E-state index contributed by atoms with van der Waals surface area (Å²) in [6, 6.07) is 14.8. The second-order valence-corrected chi connectivity index (χ2v) is 3.46. The normalized spacial score (nSPS) is 10.4. The monoisotopic (exact) mass is 185 g/mol. The molecule has 0 unspecified atom stereocenters. The minimum Gasteiger partial charge on any atom is -0.321 e. The number of nitrogens with zero attached hydrogens (tertiary/aromatic N) is 1. The highest BCUT2D eigenvalue weighted by molar-refractivity contribution is 5.34. The van der Waals surface area contributed by atoms with Crippen molar-refractivity contribution in [1.29, 1.82) is 0 Å². The van der Waals surface area contributed by atoms with Crippen molar-refractivity contribution in [3.05, 3.63) is 54.4 Å². The van der Waals surface area contributed by atoms with Crippen molar-refractivity contribution in [1.82, 2.24) is 4.57 Å². The van der Waals surface area contributed by atoms with Gasteiger partial charge in [0.2, 0.25) is 0 Å². The highest BCUT2D eigenvalue weighted by atomic mass is 15.0. The van der Waals surface area contributed by atoms with E-state index in [1.165, 1.54) is 17.8 Å². The Balaban J connectivity index is 2.37. The number of aromatic nitrogens is 1. The maximum atomic E-state index is 2.25. The first-order chi connectivity index (χ1) is 6.92. The Kier molecular flexibility index (Phi) is 2.68. The predicted octanol–water partition coefficient (Wildman–Crippen LogP) is 3.43. The van der Waals surface area contributed by atoms with Gasteiger partial charge in [-0.2, -0.15) is 0 Å². The van der Waals surface area contributed by atoms with E-state index in [9.17, 15) is 0 Å². The Hall–Kier alpha value is -1.50. The van der Waals surface area contributed by atoms with Crippen molar-refractivity contribution in [2.24, 2.45) is 0 Å². The van der Waals surface area contributed by atoms with E-state index >= 15 is 0 Å². The first-order valence-corrected chi connectivity index (χ1v) is 5.13. The molecule has 0 amide bonds. The minimum absolute atomic E-state index is 1.14. The van der Waals surface area contributed by atoms with Gasteiger partial charge >= 0.3 is 0 Å². The van der Waals surface area contributed by atoms with E-state index < -0.39 is 0 Å². The van der Waals surface area contributed by atoms with Crippen LogP contribution in [0, 0.1) is 0 Å². The van der Waals surface area contributed by atoms with Gasteiger partial charge in [-0.05, 0) is 30.7 Å². The molecule has 0 aliphatic heterocycles. The van der Waals surface area contributed by atoms with Gasteiger partial charge in [0.05, 0.1) is 0 Å². The van der Waals surface area contributed by atoms with E-state index in [-0.39, 0.29) is 0 Å². The first-order valence-electron chi connectivity index (χ1n) is 5.13. The second kappa shape index (κ2) is 4.14. The van der Waals surface area contributed by atoms with Gasteiger partial charge in [-0.15, -0.1) is 0 Å². The molecule has 1 heteroatoms. The van der Waals surface area contributed by atoms with Crippen LogP contribution < -0.4 is 0 Å². The van der Waals surface area contributed by atoms with Crippen molar-refractivity contribution in [2.75, 3.05) is 0 Å². The maximum absolute atomic E-state index is 2.25. The van der Waals surface area contributed by atoms with E-state index in [1.54, 1.807) is 0 Å². The van der Waals surface area contributed by atoms with Gasteiger partial charge in [0.15, 0.2) is 0 Å². The Morgan fingerprint density at radius 2 is 1.79 bits per heavy atom. The van der Waals surface area contributed by atoms with Gasteiger partial charge < -0.3 is 4.57 Å². The molecule has 0 fully saturated rings. The summed E-state index contributed by atoms with van der Waals surface area (Å²) in [7, 11) is 0. The number of aryl methyl sites for hydroxylation is 1. The lowest BCUT2D eigenvalue weighted by molar-refractivity contribution is 0.843. The van der Waals surface area contributed by atoms with Crippen LogP contribution >= 0.6 is 0 Å². The summed E-state index contributed by atoms with van der Waals surface area (Å²) in [6.07, 6.45) is 4.46. The van der Waals surface area contributed by atoms with E-state index in [4.69, 9.17) is 0 Å². The average Bonchev–Trinajstić information content (AvgIpc) is 2.68. The molecule has 0 bridgehead atoms. The number of rotatable bonds is 3. The van der Waals surface area contributed by atoms with Gasteiger partial charge in [-0.1, -0.05) is 31.5 Å². The molecule has 0 spiro atoms. The van der Waals surface area contributed by atoms with E-state index in [2.05, 4.69) is 54.1 Å². The van der Waals surface area contributed by atoms with Crippen LogP contribution in [0.15, 0.2) is 48.7 Å². The second-order valence-electron chi connectivity index (χ2n) is 3.46. The molecule has 2 aromatic rings. The number of hydrogen-bond acceptors (Lipinski definition) is 0. The molecule has 1 nitrogen and oxygen atoms in total. The summed E-state index contributed by atoms with van der Waals surface area (Å²) in [5, 5.41) is 0. The molecule has 0 saturated carbocycles. The zero-order valence-electron chi connectivity index (χ0n) is 8.48. The topological polar surface area (TPSA) is 4.93 Å². The van der Waals surface area contributed by atoms with Crippen molar-refractivity contribution in [3.63, 3.8) is 0 Å². The Morgan fingerprint density at radius 3 is 2.50 bits per heavy atom. The highest BCUT2D eigenvalue weighted by Gasteiger charge is 2.00. The zero-order valence-corrected chi connectivity index (χ0v) is 8.48. The molecule has 72 valence electrons. The fraction of sp³-hybridized carbons (Fsp3) is 0.231. The molecular formula is C13H15N. The third kappa shape index (κ3) is 1.72. The van der Waals surface area contributed by atoms with Crippen LogP contribution in [0.3, 0.4) is 0 Å². The van der Waals surface area contributed by atoms with Crippen molar-refractivity contribution in [3.8, 4) is 5.69 Å². The number of para-hydroxylation sites is 1. The molecule has 0 N–H and O–H groups in total. The SMILES string of the molecule is CCCc1cccn1-c1ccccc1. The van der Waals surface area contributed by atoms with Crippen LogP contribution in [0.2, 0.25) is 0 Å². The summed E-state index contributed by atoms with van der Waals surface area (Å²) in [5.74, 6) is 0. The third-order valence-electron chi connectivity index (χ3n) is 2.37. The lowest BCUT2D eigenvalue weighted by Gasteiger charge is -2.07. The smallest absolute Gasteiger partial charge is 0.0452 e. The van der Waals surface area contributed by atoms with Gasteiger partial charge in [0.25, 0.3) is 0 Å². The highest BCUT2D eigenvalue weighted by Crippen LogP contribution is 2.13. The van der Waals surface area contributed by atoms with Gasteiger partial charge in [-0.3, -0.25) is 0 Å². The minimum atomic E-state index is 1.14. The van der Waals surface area contributed by atoms with Gasteiger partial charge in [0.1, 0.15) is 0 Å². The maximum Gasteiger partial charge on any atom is 0.0452 e. The summed E-state index contributed by atoms with van der Waals surface area (Å²) < 4.78 is 2.25. The van der Waals surface area contributed by atoms with Crippen molar-refractivity contribution < 1.29 is 0 Å². The van der Waals surface area contributed by atoms with Gasteiger partial charge in [0, 0.05) is 17.6 Å². The largest absolute Gasteiger partial charge is 0.321 e. The van der Waals surface area contributed by atoms with Crippen LogP contribution in [0.5, 0.6) is 0 Å². The fourth-order valence-electron chi connectivity index (χ4n) is 1.72. The Morgan fingerprint density at radius 1 is 1.00 bits per heavy atom. The molecule has 0 saturated heterocycles. The predicted molar refractivity (Wildman–Crippen MR) is 59.8 cm³/mol. The molecule has 2 rings (SSSR count). The van der Waals surface area contributed by atoms with E-state index in [0.717, 1.165) is 6.42 Å². The molecule has 1 aromatic heterocycles. The number of benzene rings is 1. The summed E-state index contributed by atoms with van der Waals surface area (Å²) in [6.45, 7) is 2.21. The molecular weight excluding hydrogens is 170 g/mol.